The van der Waals surface area contributed by atoms with Crippen molar-refractivity contribution in [3.05, 3.63) is 71.8 Å². The van der Waals surface area contributed by atoms with E-state index in [1.54, 1.807) is 20.8 Å². The zero-order valence-corrected chi connectivity index (χ0v) is 23.3. The maximum Gasteiger partial charge on any atom is 0.407 e. The maximum atomic E-state index is 12.9. The van der Waals surface area contributed by atoms with Crippen LogP contribution in [-0.2, 0) is 25.4 Å². The Bertz CT molecular complexity index is 993. The average Bonchev–Trinajstić information content (AvgIpc) is 2.91. The molecule has 1 unspecified atom stereocenters. The molecule has 9 heteroatoms. The SMILES string of the molecule is CC(C)(C)OC(=O)N[C@@H](Cc1ccccc1)[C@@H](O)CCC(=O)NC(OCCN1CCOCC1)c1ccccc1. The number of alkyl carbamates (subject to hydrolysis) is 1. The number of aliphatic hydroxyl groups excluding tert-OH is 1. The van der Waals surface area contributed by atoms with Crippen molar-refractivity contribution in [2.75, 3.05) is 39.5 Å². The predicted molar refractivity (Wildman–Crippen MR) is 149 cm³/mol. The van der Waals surface area contributed by atoms with Crippen molar-refractivity contribution >= 4 is 12.0 Å². The van der Waals surface area contributed by atoms with Crippen molar-refractivity contribution in [1.82, 2.24) is 15.5 Å². The summed E-state index contributed by atoms with van der Waals surface area (Å²) >= 11 is 0. The van der Waals surface area contributed by atoms with Gasteiger partial charge in [0.15, 0.2) is 6.23 Å². The van der Waals surface area contributed by atoms with Gasteiger partial charge in [0.25, 0.3) is 0 Å². The van der Waals surface area contributed by atoms with Crippen molar-refractivity contribution in [2.24, 2.45) is 0 Å². The highest BCUT2D eigenvalue weighted by molar-refractivity contribution is 5.76. The molecule has 2 aromatic rings. The van der Waals surface area contributed by atoms with Gasteiger partial charge in [0, 0.05) is 31.6 Å². The third-order valence-electron chi connectivity index (χ3n) is 6.32. The normalized spacial score (nSPS) is 16.6. The Balaban J connectivity index is 1.56. The molecule has 0 spiro atoms. The number of aliphatic hydroxyl groups is 1. The number of nitrogens with zero attached hydrogens (tertiary/aromatic N) is 1. The van der Waals surface area contributed by atoms with Crippen LogP contribution in [-0.4, -0.2) is 79.2 Å². The molecule has 39 heavy (non-hydrogen) atoms. The summed E-state index contributed by atoms with van der Waals surface area (Å²) in [6.07, 6.45) is -1.53. The molecule has 3 rings (SSSR count). The Morgan fingerprint density at radius 3 is 2.28 bits per heavy atom. The van der Waals surface area contributed by atoms with Gasteiger partial charge in [-0.05, 0) is 39.2 Å². The van der Waals surface area contributed by atoms with Gasteiger partial charge in [0.2, 0.25) is 5.91 Å². The molecular formula is C30H43N3O6. The summed E-state index contributed by atoms with van der Waals surface area (Å²) in [7, 11) is 0. The minimum Gasteiger partial charge on any atom is -0.444 e. The van der Waals surface area contributed by atoms with Gasteiger partial charge in [-0.1, -0.05) is 60.7 Å². The number of carbonyl (C=O) groups excluding carboxylic acids is 2. The highest BCUT2D eigenvalue weighted by Crippen LogP contribution is 2.17. The minimum absolute atomic E-state index is 0.0681. The summed E-state index contributed by atoms with van der Waals surface area (Å²) in [4.78, 5) is 27.7. The van der Waals surface area contributed by atoms with Crippen LogP contribution < -0.4 is 10.6 Å². The molecule has 0 aromatic heterocycles. The third kappa shape index (κ3) is 11.7. The maximum absolute atomic E-state index is 12.9. The van der Waals surface area contributed by atoms with Gasteiger partial charge in [-0.3, -0.25) is 9.69 Å². The van der Waals surface area contributed by atoms with E-state index < -0.39 is 30.1 Å². The lowest BCUT2D eigenvalue weighted by Gasteiger charge is -2.28. The van der Waals surface area contributed by atoms with Crippen LogP contribution in [0.3, 0.4) is 0 Å². The second-order valence-corrected chi connectivity index (χ2v) is 10.7. The van der Waals surface area contributed by atoms with E-state index in [1.807, 2.05) is 60.7 Å². The third-order valence-corrected chi connectivity index (χ3v) is 6.32. The van der Waals surface area contributed by atoms with Gasteiger partial charge in [0.1, 0.15) is 5.60 Å². The first-order chi connectivity index (χ1) is 18.7. The molecule has 1 aliphatic rings. The lowest BCUT2D eigenvalue weighted by molar-refractivity contribution is -0.126. The van der Waals surface area contributed by atoms with Crippen LogP contribution in [0.5, 0.6) is 0 Å². The van der Waals surface area contributed by atoms with Crippen molar-refractivity contribution in [3.63, 3.8) is 0 Å². The van der Waals surface area contributed by atoms with Crippen molar-refractivity contribution in [3.8, 4) is 0 Å². The number of carbonyl (C=O) groups is 2. The van der Waals surface area contributed by atoms with Crippen molar-refractivity contribution < 1.29 is 28.9 Å². The van der Waals surface area contributed by atoms with E-state index in [0.29, 0.717) is 13.0 Å². The average molecular weight is 542 g/mol. The summed E-state index contributed by atoms with van der Waals surface area (Å²) in [5, 5.41) is 16.8. The molecular weight excluding hydrogens is 498 g/mol. The number of nitrogens with one attached hydrogen (secondary N) is 2. The van der Waals surface area contributed by atoms with Crippen LogP contribution in [0, 0.1) is 0 Å². The lowest BCUT2D eigenvalue weighted by atomic mass is 9.98. The van der Waals surface area contributed by atoms with Crippen LogP contribution in [0.1, 0.15) is 51.0 Å². The fourth-order valence-electron chi connectivity index (χ4n) is 4.28. The topological polar surface area (TPSA) is 109 Å². The molecule has 0 saturated carbocycles. The zero-order chi connectivity index (χ0) is 28.1. The Morgan fingerprint density at radius 1 is 1.00 bits per heavy atom. The van der Waals surface area contributed by atoms with Crippen LogP contribution in [0.2, 0.25) is 0 Å². The van der Waals surface area contributed by atoms with E-state index in [2.05, 4.69) is 15.5 Å². The quantitative estimate of drug-likeness (QED) is 0.334. The summed E-state index contributed by atoms with van der Waals surface area (Å²) in [5.74, 6) is -0.245. The number of ether oxygens (including phenoxy) is 3. The number of morpholine rings is 1. The van der Waals surface area contributed by atoms with Crippen LogP contribution in [0.15, 0.2) is 60.7 Å². The molecule has 3 N–H and O–H groups in total. The number of rotatable bonds is 13. The number of hydrogen-bond donors (Lipinski definition) is 3. The summed E-state index contributed by atoms with van der Waals surface area (Å²) < 4.78 is 16.9. The van der Waals surface area contributed by atoms with E-state index >= 15 is 0 Å². The highest BCUT2D eigenvalue weighted by Gasteiger charge is 2.26. The molecule has 1 heterocycles. The summed E-state index contributed by atoms with van der Waals surface area (Å²) in [6, 6.07) is 18.5. The van der Waals surface area contributed by atoms with E-state index in [4.69, 9.17) is 14.2 Å². The monoisotopic (exact) mass is 541 g/mol. The van der Waals surface area contributed by atoms with Crippen molar-refractivity contribution in [1.29, 1.82) is 0 Å². The van der Waals surface area contributed by atoms with Crippen LogP contribution >= 0.6 is 0 Å². The Morgan fingerprint density at radius 2 is 1.64 bits per heavy atom. The smallest absolute Gasteiger partial charge is 0.407 e. The number of amides is 2. The molecule has 214 valence electrons. The standard InChI is InChI=1S/C30H43N3O6/c1-30(2,3)39-29(36)31-25(22-23-10-6-4-7-11-23)26(34)14-15-27(35)32-28(24-12-8-5-9-13-24)38-21-18-33-16-19-37-20-17-33/h4-13,25-26,28,34H,14-22H2,1-3H3,(H,31,36)(H,32,35)/t25-,26-,28?/m0/s1. The minimum atomic E-state index is -0.958. The molecule has 0 bridgehead atoms. The fourth-order valence-corrected chi connectivity index (χ4v) is 4.28. The molecule has 0 radical (unpaired) electrons. The summed E-state index contributed by atoms with van der Waals surface area (Å²) in [6.45, 7) is 9.73. The van der Waals surface area contributed by atoms with Crippen LogP contribution in [0.4, 0.5) is 4.79 Å². The van der Waals surface area contributed by atoms with Gasteiger partial charge in [0.05, 0.1) is 32.0 Å². The molecule has 2 aromatic carbocycles. The van der Waals surface area contributed by atoms with E-state index in [9.17, 15) is 14.7 Å². The van der Waals surface area contributed by atoms with E-state index in [-0.39, 0.29) is 18.7 Å². The first-order valence-electron chi connectivity index (χ1n) is 13.7. The lowest BCUT2D eigenvalue weighted by Crippen LogP contribution is -2.47. The molecule has 1 fully saturated rings. The predicted octanol–water partition coefficient (Wildman–Crippen LogP) is 3.43. The van der Waals surface area contributed by atoms with Gasteiger partial charge < -0.3 is 30.0 Å². The number of hydrogen-bond acceptors (Lipinski definition) is 7. The van der Waals surface area contributed by atoms with E-state index in [0.717, 1.165) is 44.0 Å². The number of benzene rings is 2. The van der Waals surface area contributed by atoms with Gasteiger partial charge in [-0.2, -0.15) is 0 Å². The Hall–Kier alpha value is -2.98. The molecule has 2 amide bonds. The van der Waals surface area contributed by atoms with Crippen molar-refractivity contribution in [2.45, 2.75) is 64.0 Å². The van der Waals surface area contributed by atoms with Gasteiger partial charge >= 0.3 is 6.09 Å². The second-order valence-electron chi connectivity index (χ2n) is 10.7. The second kappa shape index (κ2) is 15.6. The molecule has 1 saturated heterocycles. The molecule has 9 nitrogen and oxygen atoms in total. The zero-order valence-electron chi connectivity index (χ0n) is 23.3. The van der Waals surface area contributed by atoms with Gasteiger partial charge in [-0.15, -0.1) is 0 Å². The first-order valence-corrected chi connectivity index (χ1v) is 13.7. The highest BCUT2D eigenvalue weighted by atomic mass is 16.6. The largest absolute Gasteiger partial charge is 0.444 e. The molecule has 1 aliphatic heterocycles. The van der Waals surface area contributed by atoms with Gasteiger partial charge in [-0.25, -0.2) is 4.79 Å². The molecule has 3 atom stereocenters. The van der Waals surface area contributed by atoms with E-state index in [1.165, 1.54) is 0 Å². The Kier molecular flexibility index (Phi) is 12.2. The fraction of sp³-hybridized carbons (Fsp3) is 0.533. The molecule has 0 aliphatic carbocycles. The van der Waals surface area contributed by atoms with Crippen LogP contribution in [0.25, 0.3) is 0 Å². The Labute approximate surface area is 231 Å². The summed E-state index contributed by atoms with van der Waals surface area (Å²) in [5.41, 5.74) is 1.14. The first kappa shape index (κ1) is 30.6.